The van der Waals surface area contributed by atoms with Gasteiger partial charge in [-0.15, -0.1) is 0 Å². The van der Waals surface area contributed by atoms with Gasteiger partial charge in [-0.25, -0.2) is 0 Å². The molecule has 0 unspecified atom stereocenters. The van der Waals surface area contributed by atoms with E-state index in [0.29, 0.717) is 6.61 Å². The van der Waals surface area contributed by atoms with Crippen LogP contribution in [-0.4, -0.2) is 23.5 Å². The number of hydrogen-bond acceptors (Lipinski definition) is 3. The summed E-state index contributed by atoms with van der Waals surface area (Å²) >= 11 is 0. The van der Waals surface area contributed by atoms with Crippen LogP contribution in [0.4, 0.5) is 0 Å². The lowest BCUT2D eigenvalue weighted by Gasteiger charge is -2.11. The molecule has 0 amide bonds. The molecule has 0 aliphatic heterocycles. The summed E-state index contributed by atoms with van der Waals surface area (Å²) in [4.78, 5) is 0. The molecule has 0 spiro atoms. The maximum atomic E-state index is 5.79. The Hall–Kier alpha value is -1.97. The quantitative estimate of drug-likeness (QED) is 0.778. The Balaban J connectivity index is 1.97. The van der Waals surface area contributed by atoms with Crippen molar-refractivity contribution in [2.45, 2.75) is 33.2 Å². The van der Waals surface area contributed by atoms with E-state index in [0.717, 1.165) is 36.6 Å². The molecule has 4 nitrogen and oxygen atoms in total. The third-order valence-corrected chi connectivity index (χ3v) is 3.27. The summed E-state index contributed by atoms with van der Waals surface area (Å²) in [5, 5.41) is 4.58. The second-order valence-electron chi connectivity index (χ2n) is 4.56. The molecule has 0 aliphatic carbocycles. The van der Waals surface area contributed by atoms with Gasteiger partial charge in [-0.2, -0.15) is 5.10 Å². The maximum Gasteiger partial charge on any atom is 0.161 e. The second-order valence-corrected chi connectivity index (χ2v) is 4.56. The molecule has 0 aliphatic rings. The third kappa shape index (κ3) is 3.32. The number of aryl methyl sites for hydroxylation is 2. The van der Waals surface area contributed by atoms with Gasteiger partial charge >= 0.3 is 0 Å². The topological polar surface area (TPSA) is 36.3 Å². The van der Waals surface area contributed by atoms with Gasteiger partial charge in [0.15, 0.2) is 11.5 Å². The van der Waals surface area contributed by atoms with Crippen LogP contribution in [0.2, 0.25) is 0 Å². The molecule has 1 heterocycles. The van der Waals surface area contributed by atoms with E-state index in [1.165, 1.54) is 5.69 Å². The Bertz CT molecular complexity index is 549. The van der Waals surface area contributed by atoms with Crippen molar-refractivity contribution in [3.05, 3.63) is 41.7 Å². The van der Waals surface area contributed by atoms with Gasteiger partial charge in [0.25, 0.3) is 0 Å². The lowest BCUT2D eigenvalue weighted by Crippen LogP contribution is -2.12. The molecule has 20 heavy (non-hydrogen) atoms. The summed E-state index contributed by atoms with van der Waals surface area (Å²) in [6.07, 6.45) is 1.95. The molecule has 4 heteroatoms. The monoisotopic (exact) mass is 274 g/mol. The van der Waals surface area contributed by atoms with Crippen LogP contribution in [-0.2, 0) is 19.4 Å². The van der Waals surface area contributed by atoms with Crippen molar-refractivity contribution in [1.29, 1.82) is 0 Å². The zero-order valence-corrected chi connectivity index (χ0v) is 12.4. The van der Waals surface area contributed by atoms with Crippen LogP contribution >= 0.6 is 0 Å². The van der Waals surface area contributed by atoms with E-state index < -0.39 is 0 Å². The number of rotatable bonds is 7. The summed E-state index contributed by atoms with van der Waals surface area (Å²) in [5.74, 6) is 1.54. The van der Waals surface area contributed by atoms with Crippen LogP contribution in [0.25, 0.3) is 0 Å². The fourth-order valence-corrected chi connectivity index (χ4v) is 2.15. The van der Waals surface area contributed by atoms with Gasteiger partial charge in [-0.05, 0) is 31.0 Å². The van der Waals surface area contributed by atoms with E-state index in [-0.39, 0.29) is 0 Å². The van der Waals surface area contributed by atoms with Gasteiger partial charge in [0, 0.05) is 5.69 Å². The fraction of sp³-hybridized carbons (Fsp3) is 0.438. The molecule has 2 rings (SSSR count). The van der Waals surface area contributed by atoms with Gasteiger partial charge in [-0.1, -0.05) is 26.0 Å². The highest BCUT2D eigenvalue weighted by Gasteiger charge is 2.06. The Morgan fingerprint density at radius 2 is 1.85 bits per heavy atom. The minimum Gasteiger partial charge on any atom is -0.493 e. The van der Waals surface area contributed by atoms with Gasteiger partial charge in [0.2, 0.25) is 0 Å². The minimum atomic E-state index is 0.582. The second kappa shape index (κ2) is 6.98. The van der Waals surface area contributed by atoms with Crippen molar-refractivity contribution in [2.24, 2.45) is 0 Å². The number of hydrogen-bond donors (Lipinski definition) is 0. The molecular weight excluding hydrogens is 252 g/mol. The SMILES string of the molecule is CCc1cc(CC)n(CCOc2ccccc2OC)n1. The lowest BCUT2D eigenvalue weighted by molar-refractivity contribution is 0.272. The highest BCUT2D eigenvalue weighted by molar-refractivity contribution is 5.39. The van der Waals surface area contributed by atoms with Crippen LogP contribution in [0.3, 0.4) is 0 Å². The first kappa shape index (κ1) is 14.4. The fourth-order valence-electron chi connectivity index (χ4n) is 2.15. The summed E-state index contributed by atoms with van der Waals surface area (Å²) in [6.45, 7) is 5.60. The molecule has 0 radical (unpaired) electrons. The van der Waals surface area contributed by atoms with E-state index in [1.807, 2.05) is 28.9 Å². The Morgan fingerprint density at radius 3 is 2.50 bits per heavy atom. The smallest absolute Gasteiger partial charge is 0.161 e. The van der Waals surface area contributed by atoms with Crippen molar-refractivity contribution in [3.63, 3.8) is 0 Å². The van der Waals surface area contributed by atoms with Gasteiger partial charge in [-0.3, -0.25) is 4.68 Å². The largest absolute Gasteiger partial charge is 0.493 e. The molecule has 0 atom stereocenters. The number of methoxy groups -OCH3 is 1. The average molecular weight is 274 g/mol. The molecule has 0 fully saturated rings. The molecule has 0 bridgehead atoms. The molecule has 108 valence electrons. The third-order valence-electron chi connectivity index (χ3n) is 3.27. The van der Waals surface area contributed by atoms with E-state index in [1.54, 1.807) is 7.11 Å². The standard InChI is InChI=1S/C16H22N2O2/c1-4-13-12-14(5-2)18(17-13)10-11-20-16-9-7-6-8-15(16)19-3/h6-9,12H,4-5,10-11H2,1-3H3. The lowest BCUT2D eigenvalue weighted by atomic mass is 10.3. The molecule has 0 saturated heterocycles. The molecule has 0 saturated carbocycles. The van der Waals surface area contributed by atoms with Crippen LogP contribution in [0.5, 0.6) is 11.5 Å². The van der Waals surface area contributed by atoms with Crippen LogP contribution in [0.15, 0.2) is 30.3 Å². The zero-order chi connectivity index (χ0) is 14.4. The minimum absolute atomic E-state index is 0.582. The number of nitrogens with zero attached hydrogens (tertiary/aromatic N) is 2. The Labute approximate surface area is 120 Å². The van der Waals surface area contributed by atoms with Gasteiger partial charge in [0.1, 0.15) is 6.61 Å². The van der Waals surface area contributed by atoms with Crippen molar-refractivity contribution < 1.29 is 9.47 Å². The maximum absolute atomic E-state index is 5.79. The molecular formula is C16H22N2O2. The number of ether oxygens (including phenoxy) is 2. The first-order valence-corrected chi connectivity index (χ1v) is 7.09. The van der Waals surface area contributed by atoms with Crippen molar-refractivity contribution in [2.75, 3.05) is 13.7 Å². The highest BCUT2D eigenvalue weighted by Crippen LogP contribution is 2.25. The predicted octanol–water partition coefficient (Wildman–Crippen LogP) is 3.10. The van der Waals surface area contributed by atoms with E-state index in [2.05, 4.69) is 25.0 Å². The first-order chi connectivity index (χ1) is 9.78. The van der Waals surface area contributed by atoms with Crippen molar-refractivity contribution in [1.82, 2.24) is 9.78 Å². The highest BCUT2D eigenvalue weighted by atomic mass is 16.5. The van der Waals surface area contributed by atoms with E-state index in [4.69, 9.17) is 9.47 Å². The molecule has 2 aromatic rings. The molecule has 1 aromatic heterocycles. The van der Waals surface area contributed by atoms with Crippen molar-refractivity contribution in [3.8, 4) is 11.5 Å². The van der Waals surface area contributed by atoms with E-state index >= 15 is 0 Å². The number of aromatic nitrogens is 2. The summed E-state index contributed by atoms with van der Waals surface area (Å²) in [5.41, 5.74) is 2.39. The first-order valence-electron chi connectivity index (χ1n) is 7.09. The summed E-state index contributed by atoms with van der Waals surface area (Å²) in [7, 11) is 1.65. The van der Waals surface area contributed by atoms with Gasteiger partial charge in [0.05, 0.1) is 19.3 Å². The summed E-state index contributed by atoms with van der Waals surface area (Å²) < 4.78 is 13.1. The van der Waals surface area contributed by atoms with Crippen LogP contribution < -0.4 is 9.47 Å². The van der Waals surface area contributed by atoms with Crippen molar-refractivity contribution >= 4 is 0 Å². The molecule has 1 aromatic carbocycles. The average Bonchev–Trinajstić information content (AvgIpc) is 2.90. The summed E-state index contributed by atoms with van der Waals surface area (Å²) in [6, 6.07) is 9.86. The predicted molar refractivity (Wildman–Crippen MR) is 79.5 cm³/mol. The van der Waals surface area contributed by atoms with E-state index in [9.17, 15) is 0 Å². The normalized spacial score (nSPS) is 10.6. The van der Waals surface area contributed by atoms with Crippen LogP contribution in [0.1, 0.15) is 25.2 Å². The zero-order valence-electron chi connectivity index (χ0n) is 12.4. The van der Waals surface area contributed by atoms with Gasteiger partial charge < -0.3 is 9.47 Å². The Kier molecular flexibility index (Phi) is 5.04. The Morgan fingerprint density at radius 1 is 1.10 bits per heavy atom. The van der Waals surface area contributed by atoms with Crippen LogP contribution in [0, 0.1) is 0 Å². The number of benzene rings is 1. The number of para-hydroxylation sites is 2. The molecule has 0 N–H and O–H groups in total.